The van der Waals surface area contributed by atoms with Crippen LogP contribution in [-0.4, -0.2) is 153 Å². The molecule has 0 saturated heterocycles. The molecule has 0 spiro atoms. The molecule has 3 aromatic heterocycles. The Morgan fingerprint density at radius 1 is 0.398 bits per heavy atom. The third-order valence-corrected chi connectivity index (χ3v) is 19.4. The first-order chi connectivity index (χ1) is 49.0. The second-order valence-corrected chi connectivity index (χ2v) is 39.9. The number of carbonyl (C=O) groups is 3. The fraction of sp³-hybridized carbons (Fsp3) is 0.423. The fourth-order valence-electron chi connectivity index (χ4n) is 9.68. The molecule has 3 heterocycles. The lowest BCUT2D eigenvalue weighted by atomic mass is 9.95. The Kier molecular flexibility index (Phi) is 29.3. The summed E-state index contributed by atoms with van der Waals surface area (Å²) < 4.78 is 63.6. The van der Waals surface area contributed by atoms with Gasteiger partial charge in [0.05, 0.1) is 57.4 Å². The molecular formula is C78H103N9O14Si2. The third-order valence-electron chi connectivity index (χ3n) is 16.0. The van der Waals surface area contributed by atoms with Gasteiger partial charge in [-0.3, -0.25) is 19.5 Å². The normalized spacial score (nSPS) is 11.7. The maximum atomic E-state index is 11.9. The molecule has 103 heavy (non-hydrogen) atoms. The number of aromatic amines is 1. The van der Waals surface area contributed by atoms with Gasteiger partial charge in [-0.25, -0.2) is 4.68 Å². The van der Waals surface area contributed by atoms with Crippen LogP contribution in [0.3, 0.4) is 0 Å². The minimum Gasteiger partial charge on any atom is -0.492 e. The number of nitrogens with zero attached hydrogens (tertiary/aromatic N) is 8. The van der Waals surface area contributed by atoms with E-state index in [1.54, 1.807) is 50.9 Å². The molecule has 0 saturated carbocycles. The van der Waals surface area contributed by atoms with Crippen LogP contribution in [0.15, 0.2) is 146 Å². The van der Waals surface area contributed by atoms with Gasteiger partial charge in [-0.2, -0.15) is 19.6 Å². The Morgan fingerprint density at radius 2 is 0.738 bits per heavy atom. The number of hydrogen-bond donors (Lipinski definition) is 1. The van der Waals surface area contributed by atoms with E-state index in [0.717, 1.165) is 62.2 Å². The average Bonchev–Trinajstić information content (AvgIpc) is 1.77. The maximum Gasteiger partial charge on any atom is 0.336 e. The summed E-state index contributed by atoms with van der Waals surface area (Å²) in [6.45, 7) is 34.8. The van der Waals surface area contributed by atoms with E-state index in [2.05, 4.69) is 86.8 Å². The molecule has 0 unspecified atom stereocenters. The van der Waals surface area contributed by atoms with Crippen LogP contribution in [0.1, 0.15) is 62.3 Å². The van der Waals surface area contributed by atoms with Crippen molar-refractivity contribution in [1.29, 1.82) is 0 Å². The Balaban J connectivity index is 0.000000218. The van der Waals surface area contributed by atoms with Crippen LogP contribution in [0, 0.1) is 16.2 Å². The zero-order chi connectivity index (χ0) is 75.0. The molecule has 0 radical (unpaired) electrons. The second-order valence-electron chi connectivity index (χ2n) is 28.7. The molecule has 9 rings (SSSR count). The SMILES string of the molecule is CCOc1n[nH]c(-c2ccc(-c3ccc(OCC(C)(C)C(=O)OC)cc3)cc2)n1.CCOc1nc(-c2ccc(-c3ccc(OCC(C)(C)C(=O)OC)cc3)cc2)n(COCC[Si](C)(C)C)n1.CCOc1nc(-c2ccc(-c3ccc(OCC(C)(C)C(=O)OC)cc3)cc2)nn1COCC[Si](C)(C)C. The van der Waals surface area contributed by atoms with E-state index < -0.39 is 32.4 Å². The molecule has 0 aliphatic rings. The summed E-state index contributed by atoms with van der Waals surface area (Å²) >= 11 is 0. The number of nitrogens with one attached hydrogen (secondary N) is 1. The van der Waals surface area contributed by atoms with Crippen molar-refractivity contribution in [2.75, 3.05) is 74.2 Å². The second kappa shape index (κ2) is 37.5. The number of aromatic nitrogens is 9. The predicted molar refractivity (Wildman–Crippen MR) is 405 cm³/mol. The Morgan fingerprint density at radius 3 is 1.11 bits per heavy atom. The monoisotopic (exact) mass is 1450 g/mol. The molecule has 0 aliphatic carbocycles. The number of esters is 3. The van der Waals surface area contributed by atoms with Gasteiger partial charge in [0.1, 0.15) is 50.5 Å². The van der Waals surface area contributed by atoms with Crippen molar-refractivity contribution < 1.29 is 66.5 Å². The molecular weight excluding hydrogens is 1340 g/mol. The minimum absolute atomic E-state index is 0.236. The van der Waals surface area contributed by atoms with Crippen LogP contribution in [0.2, 0.25) is 51.4 Å². The van der Waals surface area contributed by atoms with Crippen molar-refractivity contribution in [2.45, 2.75) is 127 Å². The van der Waals surface area contributed by atoms with Gasteiger partial charge in [0.15, 0.2) is 17.5 Å². The van der Waals surface area contributed by atoms with Crippen molar-refractivity contribution in [3.05, 3.63) is 146 Å². The van der Waals surface area contributed by atoms with Crippen LogP contribution in [0.25, 0.3) is 67.5 Å². The number of carbonyl (C=O) groups excluding carboxylic acids is 3. The molecule has 6 aromatic carbocycles. The number of methoxy groups -OCH3 is 3. The summed E-state index contributed by atoms with van der Waals surface area (Å²) in [6, 6.07) is 50.9. The molecule has 1 N–H and O–H groups in total. The predicted octanol–water partition coefficient (Wildman–Crippen LogP) is 15.9. The molecule has 0 atom stereocenters. The van der Waals surface area contributed by atoms with Gasteiger partial charge in [0.25, 0.3) is 0 Å². The Bertz CT molecular complexity index is 4090. The standard InChI is InChI=1S/2C28H39N3O5Si.C22H25N3O4/c1-8-35-27-29-25(31(30-27)20-34-17-18-37(5,6)7)23-11-9-21(10-12-23)22-13-15-24(16-14-22)36-19-28(2,3)26(32)33-4;1-8-35-27-29-25(30-31(27)20-34-17-18-37(5,6)7)23-11-9-21(10-12-23)22-13-15-24(16-14-22)36-19-28(2,3)26(32)33-4;1-5-28-21-23-19(24-25-21)17-8-6-15(7-9-17)16-10-12-18(13-11-16)29-14-22(2,3)20(26)27-4/h2*9-16H,8,17-20H2,1-7H3;6-13H,5,14H2,1-4H3,(H,23,24,25). The molecule has 25 heteroatoms. The lowest BCUT2D eigenvalue weighted by Gasteiger charge is -2.21. The van der Waals surface area contributed by atoms with Crippen molar-refractivity contribution in [3.8, 4) is 103 Å². The molecule has 0 fully saturated rings. The van der Waals surface area contributed by atoms with Gasteiger partial charge >= 0.3 is 35.9 Å². The van der Waals surface area contributed by atoms with Crippen LogP contribution in [0.4, 0.5) is 0 Å². The van der Waals surface area contributed by atoms with E-state index in [0.29, 0.717) is 99.2 Å². The summed E-state index contributed by atoms with van der Waals surface area (Å²) in [4.78, 5) is 48.9. The number of hydrogen-bond acceptors (Lipinski definition) is 20. The van der Waals surface area contributed by atoms with Crippen molar-refractivity contribution in [2.24, 2.45) is 16.2 Å². The van der Waals surface area contributed by atoms with Gasteiger partial charge in [-0.15, -0.1) is 15.3 Å². The topological polar surface area (TPSA) is 256 Å². The van der Waals surface area contributed by atoms with Gasteiger partial charge in [0, 0.05) is 46.1 Å². The van der Waals surface area contributed by atoms with Crippen LogP contribution in [-0.2, 0) is 51.5 Å². The molecule has 23 nitrogen and oxygen atoms in total. The quantitative estimate of drug-likeness (QED) is 0.0170. The number of rotatable bonds is 34. The van der Waals surface area contributed by atoms with Gasteiger partial charge in [0.2, 0.25) is 0 Å². The van der Waals surface area contributed by atoms with Crippen molar-refractivity contribution in [3.63, 3.8) is 0 Å². The van der Waals surface area contributed by atoms with Crippen molar-refractivity contribution in [1.82, 2.24) is 44.7 Å². The van der Waals surface area contributed by atoms with Crippen LogP contribution >= 0.6 is 0 Å². The van der Waals surface area contributed by atoms with Crippen LogP contribution in [0.5, 0.6) is 35.3 Å². The van der Waals surface area contributed by atoms with Gasteiger partial charge in [-0.1, -0.05) is 148 Å². The maximum absolute atomic E-state index is 11.9. The highest BCUT2D eigenvalue weighted by Gasteiger charge is 2.32. The zero-order valence-electron chi connectivity index (χ0n) is 63.1. The summed E-state index contributed by atoms with van der Waals surface area (Å²) in [5.41, 5.74) is 6.98. The largest absolute Gasteiger partial charge is 0.492 e. The fourth-order valence-corrected chi connectivity index (χ4v) is 11.2. The van der Waals surface area contributed by atoms with Gasteiger partial charge < -0.3 is 52.1 Å². The van der Waals surface area contributed by atoms with E-state index in [-0.39, 0.29) is 37.7 Å². The first kappa shape index (κ1) is 80.6. The molecule has 0 aliphatic heterocycles. The highest BCUT2D eigenvalue weighted by molar-refractivity contribution is 6.76. The lowest BCUT2D eigenvalue weighted by Crippen LogP contribution is -2.32. The van der Waals surface area contributed by atoms with E-state index >= 15 is 0 Å². The van der Waals surface area contributed by atoms with E-state index in [4.69, 9.17) is 52.1 Å². The average molecular weight is 1450 g/mol. The first-order valence-electron chi connectivity index (χ1n) is 34.6. The van der Waals surface area contributed by atoms with Crippen molar-refractivity contribution >= 4 is 34.1 Å². The Hall–Kier alpha value is -9.70. The van der Waals surface area contributed by atoms with E-state index in [1.807, 2.05) is 154 Å². The van der Waals surface area contributed by atoms with E-state index in [9.17, 15) is 14.4 Å². The van der Waals surface area contributed by atoms with E-state index in [1.165, 1.54) is 21.3 Å². The third kappa shape index (κ3) is 24.8. The number of ether oxygens (including phenoxy) is 11. The summed E-state index contributed by atoms with van der Waals surface area (Å²) in [5, 5.41) is 16.0. The molecule has 0 bridgehead atoms. The Labute approximate surface area is 608 Å². The lowest BCUT2D eigenvalue weighted by molar-refractivity contribution is -0.153. The first-order valence-corrected chi connectivity index (χ1v) is 42.0. The number of H-pyrrole nitrogens is 1. The molecule has 9 aromatic rings. The zero-order valence-corrected chi connectivity index (χ0v) is 65.1. The highest BCUT2D eigenvalue weighted by Crippen LogP contribution is 2.32. The van der Waals surface area contributed by atoms with Crippen LogP contribution < -0.4 is 28.4 Å². The smallest absolute Gasteiger partial charge is 0.336 e. The minimum atomic E-state index is -1.16. The summed E-state index contributed by atoms with van der Waals surface area (Å²) in [6.07, 6.45) is 0. The summed E-state index contributed by atoms with van der Waals surface area (Å²) in [7, 11) is 1.83. The van der Waals surface area contributed by atoms with Gasteiger partial charge in [-0.05, 0) is 144 Å². The molecule has 0 amide bonds. The summed E-state index contributed by atoms with van der Waals surface area (Å²) in [5.74, 6) is 3.17. The highest BCUT2D eigenvalue weighted by atomic mass is 28.3. The number of benzene rings is 6. The molecule has 552 valence electrons.